The highest BCUT2D eigenvalue weighted by molar-refractivity contribution is 5.24. The van der Waals surface area contributed by atoms with E-state index in [0.717, 1.165) is 51.5 Å². The zero-order valence-electron chi connectivity index (χ0n) is 12.4. The lowest BCUT2D eigenvalue weighted by Crippen LogP contribution is -2.48. The minimum absolute atomic E-state index is 0.108. The summed E-state index contributed by atoms with van der Waals surface area (Å²) in [5.74, 6) is 0.706. The van der Waals surface area contributed by atoms with Crippen LogP contribution in [0.1, 0.15) is 18.0 Å². The van der Waals surface area contributed by atoms with Crippen LogP contribution in [-0.4, -0.2) is 55.7 Å². The van der Waals surface area contributed by atoms with Crippen molar-refractivity contribution in [1.29, 1.82) is 5.26 Å². The molecule has 2 saturated heterocycles. The fraction of sp³-hybridized carbons (Fsp3) is 0.588. The highest BCUT2D eigenvalue weighted by Gasteiger charge is 2.26. The van der Waals surface area contributed by atoms with Gasteiger partial charge in [0.05, 0.1) is 12.7 Å². The zero-order chi connectivity index (χ0) is 14.5. The first kappa shape index (κ1) is 14.5. The molecule has 3 rings (SSSR count). The summed E-state index contributed by atoms with van der Waals surface area (Å²) in [5, 5.41) is 9.51. The van der Waals surface area contributed by atoms with Gasteiger partial charge in [0, 0.05) is 39.3 Å². The van der Waals surface area contributed by atoms with Crippen LogP contribution in [0, 0.1) is 17.2 Å². The number of ether oxygens (including phenoxy) is 1. The van der Waals surface area contributed by atoms with Gasteiger partial charge in [0.25, 0.3) is 0 Å². The summed E-state index contributed by atoms with van der Waals surface area (Å²) in [7, 11) is 0. The fourth-order valence-corrected chi connectivity index (χ4v) is 3.30. The van der Waals surface area contributed by atoms with Crippen molar-refractivity contribution in [2.45, 2.75) is 12.5 Å². The molecule has 0 bridgehead atoms. The van der Waals surface area contributed by atoms with E-state index in [1.165, 1.54) is 6.42 Å². The molecule has 0 saturated carbocycles. The molecule has 0 spiro atoms. The van der Waals surface area contributed by atoms with Gasteiger partial charge in [-0.25, -0.2) is 0 Å². The highest BCUT2D eigenvalue weighted by atomic mass is 16.5. The molecule has 21 heavy (non-hydrogen) atoms. The van der Waals surface area contributed by atoms with Crippen LogP contribution in [0.3, 0.4) is 0 Å². The molecule has 0 N–H and O–H groups in total. The normalized spacial score (nSPS) is 25.6. The quantitative estimate of drug-likeness (QED) is 0.847. The number of nitrogens with zero attached hydrogens (tertiary/aromatic N) is 3. The molecule has 0 aliphatic carbocycles. The molecule has 1 aromatic rings. The van der Waals surface area contributed by atoms with E-state index in [2.05, 4.69) is 28.0 Å². The zero-order valence-corrected chi connectivity index (χ0v) is 12.4. The van der Waals surface area contributed by atoms with Gasteiger partial charge in [0.2, 0.25) is 0 Å². The Bertz CT molecular complexity index is 471. The molecular formula is C17H23N3O. The van der Waals surface area contributed by atoms with Crippen molar-refractivity contribution in [3.8, 4) is 6.07 Å². The number of nitriles is 1. The van der Waals surface area contributed by atoms with Crippen molar-refractivity contribution >= 4 is 0 Å². The number of benzene rings is 1. The average molecular weight is 285 g/mol. The van der Waals surface area contributed by atoms with Gasteiger partial charge in [0.15, 0.2) is 0 Å². The maximum Gasteiger partial charge on any atom is 0.123 e. The van der Waals surface area contributed by atoms with Crippen molar-refractivity contribution in [3.63, 3.8) is 0 Å². The van der Waals surface area contributed by atoms with Crippen LogP contribution >= 0.6 is 0 Å². The van der Waals surface area contributed by atoms with E-state index >= 15 is 0 Å². The van der Waals surface area contributed by atoms with Crippen LogP contribution in [0.2, 0.25) is 0 Å². The maximum absolute atomic E-state index is 9.51. The average Bonchev–Trinajstić information content (AvgIpc) is 3.04. The molecule has 0 aromatic heterocycles. The molecule has 2 atom stereocenters. The Hall–Kier alpha value is -1.41. The third kappa shape index (κ3) is 3.62. The molecule has 4 nitrogen and oxygen atoms in total. The second-order valence-electron chi connectivity index (χ2n) is 6.01. The Labute approximate surface area is 126 Å². The van der Waals surface area contributed by atoms with Crippen LogP contribution in [0.5, 0.6) is 0 Å². The summed E-state index contributed by atoms with van der Waals surface area (Å²) in [4.78, 5) is 4.83. The van der Waals surface area contributed by atoms with E-state index in [1.807, 2.05) is 18.2 Å². The van der Waals surface area contributed by atoms with Gasteiger partial charge in [-0.05, 0) is 17.9 Å². The largest absolute Gasteiger partial charge is 0.381 e. The topological polar surface area (TPSA) is 39.5 Å². The maximum atomic E-state index is 9.51. The first-order valence-corrected chi connectivity index (χ1v) is 7.85. The molecule has 2 aliphatic rings. The van der Waals surface area contributed by atoms with Crippen molar-refractivity contribution in [3.05, 3.63) is 35.9 Å². The summed E-state index contributed by atoms with van der Waals surface area (Å²) in [6.45, 7) is 7.06. The minimum atomic E-state index is -0.108. The van der Waals surface area contributed by atoms with Crippen LogP contribution in [0.4, 0.5) is 0 Å². The third-order valence-electron chi connectivity index (χ3n) is 4.55. The summed E-state index contributed by atoms with van der Waals surface area (Å²) in [5.41, 5.74) is 1.11. The third-order valence-corrected chi connectivity index (χ3v) is 4.55. The molecular weight excluding hydrogens is 262 g/mol. The van der Waals surface area contributed by atoms with E-state index in [1.54, 1.807) is 0 Å². The fourth-order valence-electron chi connectivity index (χ4n) is 3.30. The van der Waals surface area contributed by atoms with Crippen LogP contribution < -0.4 is 0 Å². The smallest absolute Gasteiger partial charge is 0.123 e. The monoisotopic (exact) mass is 285 g/mol. The SMILES string of the molecule is N#C[C@H](c1ccccc1)N1CCN(C[C@H]2CCOC2)CC1. The van der Waals surface area contributed by atoms with Crippen molar-refractivity contribution in [2.75, 3.05) is 45.9 Å². The van der Waals surface area contributed by atoms with E-state index in [4.69, 9.17) is 4.74 Å². The Morgan fingerprint density at radius 1 is 1.19 bits per heavy atom. The Balaban J connectivity index is 1.53. The Kier molecular flexibility index (Phi) is 4.87. The summed E-state index contributed by atoms with van der Waals surface area (Å²) in [6, 6.07) is 12.5. The van der Waals surface area contributed by atoms with Crippen LogP contribution in [0.25, 0.3) is 0 Å². The van der Waals surface area contributed by atoms with E-state index in [9.17, 15) is 5.26 Å². The lowest BCUT2D eigenvalue weighted by molar-refractivity contribution is 0.0969. The van der Waals surface area contributed by atoms with Crippen molar-refractivity contribution < 1.29 is 4.74 Å². The number of hydrogen-bond donors (Lipinski definition) is 0. The molecule has 4 heteroatoms. The second kappa shape index (κ2) is 7.04. The number of piperazine rings is 1. The van der Waals surface area contributed by atoms with Crippen LogP contribution in [-0.2, 0) is 4.74 Å². The lowest BCUT2D eigenvalue weighted by Gasteiger charge is -2.37. The molecule has 0 amide bonds. The molecule has 1 aromatic carbocycles. The lowest BCUT2D eigenvalue weighted by atomic mass is 10.0. The summed E-state index contributed by atoms with van der Waals surface area (Å²) >= 11 is 0. The van der Waals surface area contributed by atoms with E-state index < -0.39 is 0 Å². The second-order valence-corrected chi connectivity index (χ2v) is 6.01. The molecule has 2 aliphatic heterocycles. The van der Waals surface area contributed by atoms with Gasteiger partial charge in [0.1, 0.15) is 6.04 Å². The van der Waals surface area contributed by atoms with Gasteiger partial charge in [-0.3, -0.25) is 4.90 Å². The van der Waals surface area contributed by atoms with Gasteiger partial charge in [-0.1, -0.05) is 30.3 Å². The molecule has 2 heterocycles. The van der Waals surface area contributed by atoms with E-state index in [-0.39, 0.29) is 6.04 Å². The Morgan fingerprint density at radius 2 is 1.95 bits per heavy atom. The van der Waals surface area contributed by atoms with Gasteiger partial charge in [-0.2, -0.15) is 5.26 Å². The standard InChI is InChI=1S/C17H23N3O/c18-12-17(16-4-2-1-3-5-16)20-9-7-19(8-10-20)13-15-6-11-21-14-15/h1-5,15,17H,6-11,13-14H2/t15-,17-/m1/s1. The number of hydrogen-bond acceptors (Lipinski definition) is 4. The predicted octanol–water partition coefficient (Wildman–Crippen LogP) is 1.91. The molecule has 2 fully saturated rings. The molecule has 0 radical (unpaired) electrons. The molecule has 0 unspecified atom stereocenters. The summed E-state index contributed by atoms with van der Waals surface area (Å²) in [6.07, 6.45) is 1.20. The predicted molar refractivity (Wildman–Crippen MR) is 81.7 cm³/mol. The van der Waals surface area contributed by atoms with Gasteiger partial charge < -0.3 is 9.64 Å². The van der Waals surface area contributed by atoms with E-state index in [0.29, 0.717) is 5.92 Å². The Morgan fingerprint density at radius 3 is 2.57 bits per heavy atom. The highest BCUT2D eigenvalue weighted by Crippen LogP contribution is 2.22. The first-order valence-electron chi connectivity index (χ1n) is 7.85. The van der Waals surface area contributed by atoms with Crippen LogP contribution in [0.15, 0.2) is 30.3 Å². The number of rotatable bonds is 4. The minimum Gasteiger partial charge on any atom is -0.381 e. The van der Waals surface area contributed by atoms with Crippen molar-refractivity contribution in [1.82, 2.24) is 9.80 Å². The van der Waals surface area contributed by atoms with Crippen molar-refractivity contribution in [2.24, 2.45) is 5.92 Å². The summed E-state index contributed by atoms with van der Waals surface area (Å²) < 4.78 is 5.45. The van der Waals surface area contributed by atoms with Gasteiger partial charge in [-0.15, -0.1) is 0 Å². The molecule has 112 valence electrons. The first-order chi connectivity index (χ1) is 10.4. The van der Waals surface area contributed by atoms with Gasteiger partial charge >= 0.3 is 0 Å².